The minimum Gasteiger partial charge on any atom is -0.387 e. The third-order valence-corrected chi connectivity index (χ3v) is 2.89. The normalized spacial score (nSPS) is 12.2. The Morgan fingerprint density at radius 2 is 2.06 bits per heavy atom. The van der Waals surface area contributed by atoms with Crippen molar-refractivity contribution in [1.82, 2.24) is 5.32 Å². The summed E-state index contributed by atoms with van der Waals surface area (Å²) >= 11 is 0. The zero-order valence-corrected chi connectivity index (χ0v) is 10.8. The summed E-state index contributed by atoms with van der Waals surface area (Å²) < 4.78 is 0. The van der Waals surface area contributed by atoms with Gasteiger partial charge in [-0.2, -0.15) is 0 Å². The lowest BCUT2D eigenvalue weighted by atomic mass is 10.0. The highest BCUT2D eigenvalue weighted by molar-refractivity contribution is 5.75. The van der Waals surface area contributed by atoms with E-state index in [2.05, 4.69) is 5.32 Å². The van der Waals surface area contributed by atoms with Crippen LogP contribution in [0.1, 0.15) is 42.6 Å². The van der Waals surface area contributed by atoms with E-state index in [1.807, 2.05) is 39.0 Å². The molecule has 94 valence electrons. The number of hydrogen-bond acceptors (Lipinski definition) is 2. The molecular weight excluding hydrogens is 214 g/mol. The maximum atomic E-state index is 11.3. The Labute approximate surface area is 103 Å². The van der Waals surface area contributed by atoms with E-state index in [0.29, 0.717) is 6.42 Å². The lowest BCUT2D eigenvalue weighted by molar-refractivity contribution is -0.121. The van der Waals surface area contributed by atoms with E-state index >= 15 is 0 Å². The fourth-order valence-electron chi connectivity index (χ4n) is 1.62. The van der Waals surface area contributed by atoms with Crippen molar-refractivity contribution in [1.29, 1.82) is 0 Å². The third kappa shape index (κ3) is 4.19. The largest absolute Gasteiger partial charge is 0.387 e. The first kappa shape index (κ1) is 13.7. The standard InChI is InChI=1S/C14H21NO2/c1-4-5-14(17)15-9-13(16)12-7-6-10(2)11(3)8-12/h6-8,13,16H,4-5,9H2,1-3H3,(H,15,17). The van der Waals surface area contributed by atoms with Crippen LogP contribution in [0.2, 0.25) is 0 Å². The van der Waals surface area contributed by atoms with Gasteiger partial charge in [0, 0.05) is 13.0 Å². The highest BCUT2D eigenvalue weighted by atomic mass is 16.3. The molecule has 0 bridgehead atoms. The highest BCUT2D eigenvalue weighted by Crippen LogP contribution is 2.16. The molecule has 2 N–H and O–H groups in total. The number of amides is 1. The van der Waals surface area contributed by atoms with Gasteiger partial charge in [0.15, 0.2) is 0 Å². The van der Waals surface area contributed by atoms with Gasteiger partial charge in [-0.1, -0.05) is 25.1 Å². The summed E-state index contributed by atoms with van der Waals surface area (Å²) in [5.74, 6) is -0.00427. The van der Waals surface area contributed by atoms with Crippen LogP contribution >= 0.6 is 0 Å². The van der Waals surface area contributed by atoms with E-state index in [0.717, 1.165) is 17.5 Å². The second kappa shape index (κ2) is 6.40. The lowest BCUT2D eigenvalue weighted by Gasteiger charge is -2.13. The number of carbonyl (C=O) groups is 1. The molecule has 1 unspecified atom stereocenters. The molecule has 1 aromatic carbocycles. The highest BCUT2D eigenvalue weighted by Gasteiger charge is 2.09. The molecule has 0 aromatic heterocycles. The monoisotopic (exact) mass is 235 g/mol. The van der Waals surface area contributed by atoms with E-state index in [4.69, 9.17) is 0 Å². The zero-order chi connectivity index (χ0) is 12.8. The molecule has 1 rings (SSSR count). The number of carbonyl (C=O) groups excluding carboxylic acids is 1. The SMILES string of the molecule is CCCC(=O)NCC(O)c1ccc(C)c(C)c1. The minimum atomic E-state index is -0.630. The van der Waals surface area contributed by atoms with Gasteiger partial charge in [0.25, 0.3) is 0 Å². The van der Waals surface area contributed by atoms with Gasteiger partial charge in [-0.15, -0.1) is 0 Å². The Morgan fingerprint density at radius 1 is 1.35 bits per heavy atom. The van der Waals surface area contributed by atoms with Gasteiger partial charge >= 0.3 is 0 Å². The van der Waals surface area contributed by atoms with Gasteiger partial charge in [-0.05, 0) is 37.0 Å². The van der Waals surface area contributed by atoms with Crippen molar-refractivity contribution in [3.8, 4) is 0 Å². The molecule has 1 aromatic rings. The van der Waals surface area contributed by atoms with Crippen LogP contribution in [0.25, 0.3) is 0 Å². The Balaban J connectivity index is 2.54. The van der Waals surface area contributed by atoms with Gasteiger partial charge in [-0.25, -0.2) is 0 Å². The van der Waals surface area contributed by atoms with Crippen LogP contribution in [-0.4, -0.2) is 17.6 Å². The van der Waals surface area contributed by atoms with Gasteiger partial charge in [0.05, 0.1) is 6.10 Å². The maximum absolute atomic E-state index is 11.3. The first-order chi connectivity index (χ1) is 8.04. The number of benzene rings is 1. The van der Waals surface area contributed by atoms with Crippen LogP contribution in [0.3, 0.4) is 0 Å². The molecule has 0 heterocycles. The Kier molecular flexibility index (Phi) is 5.16. The molecule has 1 amide bonds. The summed E-state index contributed by atoms with van der Waals surface area (Å²) in [6.07, 6.45) is 0.709. The van der Waals surface area contributed by atoms with Gasteiger partial charge in [-0.3, -0.25) is 4.79 Å². The van der Waals surface area contributed by atoms with Crippen molar-refractivity contribution in [3.05, 3.63) is 34.9 Å². The Hall–Kier alpha value is -1.35. The average Bonchev–Trinajstić information content (AvgIpc) is 2.30. The maximum Gasteiger partial charge on any atom is 0.220 e. The molecule has 0 aliphatic rings. The first-order valence-corrected chi connectivity index (χ1v) is 6.06. The van der Waals surface area contributed by atoms with Crippen LogP contribution < -0.4 is 5.32 Å². The van der Waals surface area contributed by atoms with E-state index in [9.17, 15) is 9.90 Å². The summed E-state index contributed by atoms with van der Waals surface area (Å²) in [6.45, 7) is 6.29. The number of aryl methyl sites for hydroxylation is 2. The molecule has 3 nitrogen and oxygen atoms in total. The molecule has 0 fully saturated rings. The molecule has 0 aliphatic carbocycles. The first-order valence-electron chi connectivity index (χ1n) is 6.06. The number of aliphatic hydroxyl groups is 1. The predicted octanol–water partition coefficient (Wildman–Crippen LogP) is 2.25. The van der Waals surface area contributed by atoms with Crippen molar-refractivity contribution in [3.63, 3.8) is 0 Å². The van der Waals surface area contributed by atoms with Crippen LogP contribution in [0.15, 0.2) is 18.2 Å². The quantitative estimate of drug-likeness (QED) is 0.822. The molecule has 1 atom stereocenters. The lowest BCUT2D eigenvalue weighted by Crippen LogP contribution is -2.27. The molecular formula is C14H21NO2. The summed E-state index contributed by atoms with van der Waals surface area (Å²) in [5.41, 5.74) is 3.21. The molecule has 17 heavy (non-hydrogen) atoms. The fourth-order valence-corrected chi connectivity index (χ4v) is 1.62. The molecule has 3 heteroatoms. The van der Waals surface area contributed by atoms with Crippen LogP contribution in [-0.2, 0) is 4.79 Å². The molecule has 0 saturated carbocycles. The van der Waals surface area contributed by atoms with E-state index in [-0.39, 0.29) is 12.5 Å². The van der Waals surface area contributed by atoms with E-state index in [1.54, 1.807) is 0 Å². The molecule has 0 spiro atoms. The van der Waals surface area contributed by atoms with Crippen molar-refractivity contribution >= 4 is 5.91 Å². The smallest absolute Gasteiger partial charge is 0.220 e. The molecule has 0 aliphatic heterocycles. The average molecular weight is 235 g/mol. The van der Waals surface area contributed by atoms with E-state index in [1.165, 1.54) is 5.56 Å². The number of aliphatic hydroxyl groups excluding tert-OH is 1. The minimum absolute atomic E-state index is 0.00427. The van der Waals surface area contributed by atoms with Crippen LogP contribution in [0, 0.1) is 13.8 Å². The molecule has 0 radical (unpaired) electrons. The van der Waals surface area contributed by atoms with Crippen molar-refractivity contribution in [2.75, 3.05) is 6.54 Å². The number of nitrogens with one attached hydrogen (secondary N) is 1. The third-order valence-electron chi connectivity index (χ3n) is 2.89. The Morgan fingerprint density at radius 3 is 2.65 bits per heavy atom. The van der Waals surface area contributed by atoms with Gasteiger partial charge in [0.2, 0.25) is 5.91 Å². The van der Waals surface area contributed by atoms with E-state index < -0.39 is 6.10 Å². The van der Waals surface area contributed by atoms with Crippen molar-refractivity contribution in [2.24, 2.45) is 0 Å². The summed E-state index contributed by atoms with van der Waals surface area (Å²) in [6, 6.07) is 5.85. The second-order valence-corrected chi connectivity index (χ2v) is 4.41. The van der Waals surface area contributed by atoms with Crippen LogP contribution in [0.5, 0.6) is 0 Å². The summed E-state index contributed by atoms with van der Waals surface area (Å²) in [5, 5.41) is 12.7. The number of rotatable bonds is 5. The Bertz CT molecular complexity index is 388. The van der Waals surface area contributed by atoms with Gasteiger partial charge < -0.3 is 10.4 Å². The summed E-state index contributed by atoms with van der Waals surface area (Å²) in [7, 11) is 0. The van der Waals surface area contributed by atoms with Gasteiger partial charge in [0.1, 0.15) is 0 Å². The zero-order valence-electron chi connectivity index (χ0n) is 10.8. The topological polar surface area (TPSA) is 49.3 Å². The fraction of sp³-hybridized carbons (Fsp3) is 0.500. The molecule has 0 saturated heterocycles. The number of hydrogen-bond donors (Lipinski definition) is 2. The summed E-state index contributed by atoms with van der Waals surface area (Å²) in [4.78, 5) is 11.3. The predicted molar refractivity (Wildman–Crippen MR) is 68.8 cm³/mol. The van der Waals surface area contributed by atoms with Crippen LogP contribution in [0.4, 0.5) is 0 Å². The van der Waals surface area contributed by atoms with Crippen molar-refractivity contribution in [2.45, 2.75) is 39.7 Å². The van der Waals surface area contributed by atoms with Crippen molar-refractivity contribution < 1.29 is 9.90 Å². The second-order valence-electron chi connectivity index (χ2n) is 4.41.